The number of halogens is 2. The third kappa shape index (κ3) is 6.57. The Bertz CT molecular complexity index is 1310. The van der Waals surface area contributed by atoms with Crippen LogP contribution in [0.4, 0.5) is 4.79 Å². The summed E-state index contributed by atoms with van der Waals surface area (Å²) in [7, 11) is -2.88. The van der Waals surface area contributed by atoms with Crippen molar-refractivity contribution < 1.29 is 36.5 Å². The number of imide groups is 1. The molecule has 3 rings (SSSR count). The fourth-order valence-electron chi connectivity index (χ4n) is 2.88. The summed E-state index contributed by atoms with van der Waals surface area (Å²) in [6.07, 6.45) is 1.04. The number of esters is 1. The minimum absolute atomic E-state index is 0.0582. The van der Waals surface area contributed by atoms with Crippen LogP contribution in [0.15, 0.2) is 50.7 Å². The molecule has 0 saturated carbocycles. The zero-order valence-electron chi connectivity index (χ0n) is 18.6. The molecule has 0 N–H and O–H groups in total. The molecule has 9 nitrogen and oxygen atoms in total. The van der Waals surface area contributed by atoms with E-state index >= 15 is 0 Å². The standard InChI is InChI=1S/C22H19BrClNO8S2/c1-12(2)32-19(26)11-25-21(27)18(34-22(25)28)10-13-8-16(23)20(17(9-13)31-3)33-35(29,30)15-6-4-14(24)5-7-15/h4-10,12H,11H2,1-3H3/b18-10-. The highest BCUT2D eigenvalue weighted by Crippen LogP contribution is 2.40. The Morgan fingerprint density at radius 3 is 2.46 bits per heavy atom. The molecule has 0 spiro atoms. The van der Waals surface area contributed by atoms with E-state index in [1.807, 2.05) is 0 Å². The van der Waals surface area contributed by atoms with Gasteiger partial charge in [0.2, 0.25) is 0 Å². The first kappa shape index (κ1) is 27.1. The van der Waals surface area contributed by atoms with Gasteiger partial charge in [-0.3, -0.25) is 19.3 Å². The molecule has 1 heterocycles. The van der Waals surface area contributed by atoms with Gasteiger partial charge < -0.3 is 13.7 Å². The summed E-state index contributed by atoms with van der Waals surface area (Å²) in [6.45, 7) is 2.82. The molecule has 2 aromatic carbocycles. The molecule has 1 fully saturated rings. The van der Waals surface area contributed by atoms with Crippen LogP contribution < -0.4 is 8.92 Å². The minimum Gasteiger partial charge on any atom is -0.493 e. The van der Waals surface area contributed by atoms with Crippen LogP contribution in [0.25, 0.3) is 6.08 Å². The molecule has 186 valence electrons. The zero-order valence-corrected chi connectivity index (χ0v) is 22.6. The number of hydrogen-bond acceptors (Lipinski definition) is 9. The number of benzene rings is 2. The average Bonchev–Trinajstić information content (AvgIpc) is 3.02. The van der Waals surface area contributed by atoms with Crippen molar-refractivity contribution in [1.29, 1.82) is 0 Å². The number of hydrogen-bond donors (Lipinski definition) is 0. The van der Waals surface area contributed by atoms with Crippen molar-refractivity contribution in [2.24, 2.45) is 0 Å². The lowest BCUT2D eigenvalue weighted by Gasteiger charge is -2.14. The third-order valence-corrected chi connectivity index (χ3v) is 7.36. The number of thioether (sulfide) groups is 1. The Morgan fingerprint density at radius 1 is 1.20 bits per heavy atom. The van der Waals surface area contributed by atoms with Crippen LogP contribution in [0.1, 0.15) is 19.4 Å². The monoisotopic (exact) mass is 603 g/mol. The number of carbonyl (C=O) groups excluding carboxylic acids is 3. The molecule has 13 heteroatoms. The van der Waals surface area contributed by atoms with Crippen LogP contribution in [0.2, 0.25) is 5.02 Å². The number of methoxy groups -OCH3 is 1. The molecule has 35 heavy (non-hydrogen) atoms. The molecule has 1 saturated heterocycles. The highest BCUT2D eigenvalue weighted by Gasteiger charge is 2.37. The third-order valence-electron chi connectivity index (χ3n) is 4.37. The lowest BCUT2D eigenvalue weighted by atomic mass is 10.2. The topological polar surface area (TPSA) is 116 Å². The molecule has 2 aromatic rings. The summed E-state index contributed by atoms with van der Waals surface area (Å²) in [6, 6.07) is 8.39. The molecule has 0 unspecified atom stereocenters. The maximum atomic E-state index is 12.7. The average molecular weight is 605 g/mol. The molecule has 0 radical (unpaired) electrons. The van der Waals surface area contributed by atoms with Crippen molar-refractivity contribution in [3.63, 3.8) is 0 Å². The van der Waals surface area contributed by atoms with Crippen LogP contribution in [0, 0.1) is 0 Å². The van der Waals surface area contributed by atoms with E-state index in [9.17, 15) is 22.8 Å². The SMILES string of the molecule is COc1cc(/C=C2\SC(=O)N(CC(=O)OC(C)C)C2=O)cc(Br)c1OS(=O)(=O)c1ccc(Cl)cc1. The van der Waals surface area contributed by atoms with Gasteiger partial charge in [-0.2, -0.15) is 8.42 Å². The van der Waals surface area contributed by atoms with Crippen molar-refractivity contribution in [1.82, 2.24) is 4.90 Å². The van der Waals surface area contributed by atoms with Crippen LogP contribution in [0.5, 0.6) is 11.5 Å². The molecular weight excluding hydrogens is 586 g/mol. The summed E-state index contributed by atoms with van der Waals surface area (Å²) in [4.78, 5) is 37.6. The second kappa shape index (κ2) is 11.0. The second-order valence-corrected chi connectivity index (χ2v) is 11.2. The lowest BCUT2D eigenvalue weighted by Crippen LogP contribution is -2.35. The van der Waals surface area contributed by atoms with E-state index in [2.05, 4.69) is 15.9 Å². The van der Waals surface area contributed by atoms with Gasteiger partial charge in [-0.1, -0.05) is 11.6 Å². The quantitative estimate of drug-likeness (QED) is 0.236. The van der Waals surface area contributed by atoms with E-state index < -0.39 is 33.8 Å². The maximum absolute atomic E-state index is 12.7. The van der Waals surface area contributed by atoms with Crippen molar-refractivity contribution in [3.05, 3.63) is 56.4 Å². The zero-order chi connectivity index (χ0) is 25.9. The van der Waals surface area contributed by atoms with Gasteiger partial charge in [-0.15, -0.1) is 0 Å². The fraction of sp³-hybridized carbons (Fsp3) is 0.227. The van der Waals surface area contributed by atoms with Crippen LogP contribution >= 0.6 is 39.3 Å². The summed E-state index contributed by atoms with van der Waals surface area (Å²) in [5, 5.41) is -0.240. The van der Waals surface area contributed by atoms with E-state index in [0.29, 0.717) is 22.3 Å². The molecule has 0 aliphatic carbocycles. The van der Waals surface area contributed by atoms with Gasteiger partial charge in [0.15, 0.2) is 11.5 Å². The van der Waals surface area contributed by atoms with Gasteiger partial charge in [0.1, 0.15) is 11.4 Å². The molecular formula is C22H19BrClNO8S2. The summed E-state index contributed by atoms with van der Waals surface area (Å²) >= 11 is 9.75. The first-order valence-electron chi connectivity index (χ1n) is 9.93. The Balaban J connectivity index is 1.86. The Kier molecular flexibility index (Phi) is 8.52. The van der Waals surface area contributed by atoms with Crippen LogP contribution in [0.3, 0.4) is 0 Å². The Labute approximate surface area is 219 Å². The van der Waals surface area contributed by atoms with E-state index in [0.717, 1.165) is 4.90 Å². The predicted molar refractivity (Wildman–Crippen MR) is 134 cm³/mol. The van der Waals surface area contributed by atoms with Gasteiger partial charge in [0, 0.05) is 5.02 Å². The lowest BCUT2D eigenvalue weighted by molar-refractivity contribution is -0.149. The first-order valence-corrected chi connectivity index (χ1v) is 13.3. The first-order chi connectivity index (χ1) is 16.4. The Morgan fingerprint density at radius 2 is 1.86 bits per heavy atom. The highest BCUT2D eigenvalue weighted by atomic mass is 79.9. The highest BCUT2D eigenvalue weighted by molar-refractivity contribution is 9.10. The van der Waals surface area contributed by atoms with E-state index in [-0.39, 0.29) is 31.9 Å². The van der Waals surface area contributed by atoms with E-state index in [1.54, 1.807) is 13.8 Å². The number of ether oxygens (including phenoxy) is 2. The van der Waals surface area contributed by atoms with Gasteiger partial charge >= 0.3 is 16.1 Å². The molecule has 1 aliphatic heterocycles. The molecule has 2 amide bonds. The number of nitrogens with zero attached hydrogens (tertiary/aromatic N) is 1. The summed E-state index contributed by atoms with van der Waals surface area (Å²) in [5.74, 6) is -1.40. The van der Waals surface area contributed by atoms with Gasteiger partial charge in [0.05, 0.1) is 22.6 Å². The van der Waals surface area contributed by atoms with Gasteiger partial charge in [-0.05, 0) is 89.6 Å². The minimum atomic E-state index is -4.20. The van der Waals surface area contributed by atoms with Crippen LogP contribution in [-0.4, -0.2) is 50.2 Å². The maximum Gasteiger partial charge on any atom is 0.339 e. The number of carbonyl (C=O) groups is 3. The van der Waals surface area contributed by atoms with Gasteiger partial charge in [-0.25, -0.2) is 0 Å². The largest absolute Gasteiger partial charge is 0.493 e. The molecule has 1 aliphatic rings. The van der Waals surface area contributed by atoms with E-state index in [4.69, 9.17) is 25.3 Å². The van der Waals surface area contributed by atoms with Crippen LogP contribution in [-0.2, 0) is 24.4 Å². The molecule has 0 bridgehead atoms. The second-order valence-electron chi connectivity index (χ2n) is 7.33. The fourth-order valence-corrected chi connectivity index (χ4v) is 5.45. The van der Waals surface area contributed by atoms with E-state index in [1.165, 1.54) is 49.6 Å². The molecule has 0 atom stereocenters. The number of amides is 2. The van der Waals surface area contributed by atoms with Crippen molar-refractivity contribution in [2.75, 3.05) is 13.7 Å². The smallest absolute Gasteiger partial charge is 0.339 e. The van der Waals surface area contributed by atoms with Crippen molar-refractivity contribution in [3.8, 4) is 11.5 Å². The predicted octanol–water partition coefficient (Wildman–Crippen LogP) is 4.87. The van der Waals surface area contributed by atoms with Gasteiger partial charge in [0.25, 0.3) is 11.1 Å². The summed E-state index contributed by atoms with van der Waals surface area (Å²) < 4.78 is 41.2. The van der Waals surface area contributed by atoms with Crippen molar-refractivity contribution in [2.45, 2.75) is 24.8 Å². The van der Waals surface area contributed by atoms with Crippen molar-refractivity contribution >= 4 is 72.6 Å². The Hall–Kier alpha value is -2.54. The normalized spacial score (nSPS) is 15.1. The molecule has 0 aromatic heterocycles. The number of rotatable bonds is 8. The summed E-state index contributed by atoms with van der Waals surface area (Å²) in [5.41, 5.74) is 0.417.